The van der Waals surface area contributed by atoms with E-state index in [1.165, 1.54) is 24.1 Å². The third-order valence-electron chi connectivity index (χ3n) is 3.00. The Labute approximate surface area is 93.1 Å². The molecular weight excluding hydrogens is 184 g/mol. The summed E-state index contributed by atoms with van der Waals surface area (Å²) in [5, 5.41) is 3.48. The molecule has 0 radical (unpaired) electrons. The molecule has 0 unspecified atom stereocenters. The molecule has 2 nitrogen and oxygen atoms in total. The summed E-state index contributed by atoms with van der Waals surface area (Å²) in [6.07, 6.45) is 4.37. The van der Waals surface area contributed by atoms with Gasteiger partial charge in [-0.25, -0.2) is 0 Å². The van der Waals surface area contributed by atoms with Crippen LogP contribution in [0.25, 0.3) is 0 Å². The van der Waals surface area contributed by atoms with Crippen LogP contribution in [0, 0.1) is 12.8 Å². The van der Waals surface area contributed by atoms with Crippen LogP contribution < -0.4 is 5.32 Å². The van der Waals surface area contributed by atoms with Crippen molar-refractivity contribution in [3.05, 3.63) is 29.6 Å². The lowest BCUT2D eigenvalue weighted by Gasteiger charge is -2.13. The van der Waals surface area contributed by atoms with E-state index in [2.05, 4.69) is 37.1 Å². The van der Waals surface area contributed by atoms with Crippen LogP contribution in [0.3, 0.4) is 0 Å². The highest BCUT2D eigenvalue weighted by molar-refractivity contribution is 5.17. The van der Waals surface area contributed by atoms with Gasteiger partial charge in [0.2, 0.25) is 0 Å². The van der Waals surface area contributed by atoms with Crippen LogP contribution in [0.4, 0.5) is 0 Å². The third-order valence-corrected chi connectivity index (χ3v) is 3.00. The van der Waals surface area contributed by atoms with Gasteiger partial charge >= 0.3 is 0 Å². The molecule has 1 aromatic heterocycles. The Balaban J connectivity index is 2.34. The van der Waals surface area contributed by atoms with E-state index in [9.17, 15) is 0 Å². The fourth-order valence-corrected chi connectivity index (χ4v) is 1.68. The minimum Gasteiger partial charge on any atom is -0.311 e. The Morgan fingerprint density at radius 2 is 2.07 bits per heavy atom. The molecule has 1 N–H and O–H groups in total. The number of aryl methyl sites for hydroxylation is 1. The molecule has 0 bridgehead atoms. The predicted octanol–water partition coefficient (Wildman–Crippen LogP) is 2.92. The Morgan fingerprint density at radius 3 is 2.67 bits per heavy atom. The summed E-state index contributed by atoms with van der Waals surface area (Å²) in [6, 6.07) is 4.10. The van der Waals surface area contributed by atoms with Crippen LogP contribution in [-0.2, 0) is 6.54 Å². The average Bonchev–Trinajstić information content (AvgIpc) is 2.27. The highest BCUT2D eigenvalue weighted by Gasteiger charge is 2.03. The van der Waals surface area contributed by atoms with Crippen molar-refractivity contribution in [3.63, 3.8) is 0 Å². The summed E-state index contributed by atoms with van der Waals surface area (Å²) in [5.74, 6) is 0.800. The van der Waals surface area contributed by atoms with E-state index in [0.717, 1.165) is 19.0 Å². The second-order valence-electron chi connectivity index (χ2n) is 4.08. The molecule has 84 valence electrons. The Morgan fingerprint density at radius 1 is 1.33 bits per heavy atom. The Hall–Kier alpha value is -0.890. The number of rotatable bonds is 6. The summed E-state index contributed by atoms with van der Waals surface area (Å²) in [6.45, 7) is 8.61. The lowest BCUT2D eigenvalue weighted by atomic mass is 10.0. The van der Waals surface area contributed by atoms with Crippen molar-refractivity contribution in [2.24, 2.45) is 5.92 Å². The van der Waals surface area contributed by atoms with Gasteiger partial charge in [0.1, 0.15) is 0 Å². The Kier molecular flexibility index (Phi) is 5.33. The number of pyridine rings is 1. The molecule has 0 fully saturated rings. The maximum Gasteiger partial charge on any atom is 0.0570 e. The zero-order valence-corrected chi connectivity index (χ0v) is 10.1. The molecule has 2 heteroatoms. The maximum absolute atomic E-state index is 4.36. The van der Waals surface area contributed by atoms with Gasteiger partial charge in [-0.1, -0.05) is 32.8 Å². The second kappa shape index (κ2) is 6.57. The van der Waals surface area contributed by atoms with Crippen molar-refractivity contribution in [3.8, 4) is 0 Å². The fourth-order valence-electron chi connectivity index (χ4n) is 1.68. The third kappa shape index (κ3) is 4.00. The normalized spacial score (nSPS) is 10.9. The first kappa shape index (κ1) is 12.2. The van der Waals surface area contributed by atoms with Crippen molar-refractivity contribution in [2.75, 3.05) is 6.54 Å². The summed E-state index contributed by atoms with van der Waals surface area (Å²) in [4.78, 5) is 4.36. The molecule has 0 saturated heterocycles. The summed E-state index contributed by atoms with van der Waals surface area (Å²) in [7, 11) is 0. The van der Waals surface area contributed by atoms with Crippen LogP contribution in [0.5, 0.6) is 0 Å². The number of hydrogen-bond acceptors (Lipinski definition) is 2. The van der Waals surface area contributed by atoms with Crippen LogP contribution in [0.2, 0.25) is 0 Å². The minimum absolute atomic E-state index is 0.800. The summed E-state index contributed by atoms with van der Waals surface area (Å²) >= 11 is 0. The zero-order chi connectivity index (χ0) is 11.1. The van der Waals surface area contributed by atoms with Gasteiger partial charge < -0.3 is 5.32 Å². The van der Waals surface area contributed by atoms with Gasteiger partial charge in [-0.05, 0) is 31.0 Å². The van der Waals surface area contributed by atoms with E-state index < -0.39 is 0 Å². The standard InChI is InChI=1S/C13H22N2/c1-4-12(5-2)9-14-10-13-11(3)7-6-8-15-13/h6-8,12,14H,4-5,9-10H2,1-3H3. The number of aromatic nitrogens is 1. The van der Waals surface area contributed by atoms with E-state index in [1.54, 1.807) is 0 Å². The molecule has 15 heavy (non-hydrogen) atoms. The number of nitrogens with one attached hydrogen (secondary N) is 1. The molecule has 1 aromatic rings. The summed E-state index contributed by atoms with van der Waals surface area (Å²) in [5.41, 5.74) is 2.44. The first-order valence-electron chi connectivity index (χ1n) is 5.89. The predicted molar refractivity (Wildman–Crippen MR) is 64.8 cm³/mol. The summed E-state index contributed by atoms with van der Waals surface area (Å²) < 4.78 is 0. The quantitative estimate of drug-likeness (QED) is 0.774. The molecule has 0 aliphatic heterocycles. The molecule has 1 heterocycles. The van der Waals surface area contributed by atoms with E-state index in [0.29, 0.717) is 0 Å². The van der Waals surface area contributed by atoms with Crippen molar-refractivity contribution in [2.45, 2.75) is 40.2 Å². The molecule has 0 atom stereocenters. The average molecular weight is 206 g/mol. The van der Waals surface area contributed by atoms with Crippen LogP contribution in [-0.4, -0.2) is 11.5 Å². The molecule has 1 rings (SSSR count). The van der Waals surface area contributed by atoms with Crippen LogP contribution in [0.15, 0.2) is 18.3 Å². The van der Waals surface area contributed by atoms with E-state index >= 15 is 0 Å². The van der Waals surface area contributed by atoms with Crippen LogP contribution >= 0.6 is 0 Å². The Bertz CT molecular complexity index is 280. The van der Waals surface area contributed by atoms with Gasteiger partial charge in [-0.15, -0.1) is 0 Å². The lowest BCUT2D eigenvalue weighted by molar-refractivity contribution is 0.447. The maximum atomic E-state index is 4.36. The SMILES string of the molecule is CCC(CC)CNCc1ncccc1C. The molecule has 0 amide bonds. The van der Waals surface area contributed by atoms with E-state index in [1.807, 2.05) is 12.3 Å². The highest BCUT2D eigenvalue weighted by Crippen LogP contribution is 2.06. The highest BCUT2D eigenvalue weighted by atomic mass is 14.9. The monoisotopic (exact) mass is 206 g/mol. The van der Waals surface area contributed by atoms with Crippen LogP contribution in [0.1, 0.15) is 37.9 Å². The van der Waals surface area contributed by atoms with Crippen molar-refractivity contribution < 1.29 is 0 Å². The topological polar surface area (TPSA) is 24.9 Å². The largest absolute Gasteiger partial charge is 0.311 e. The van der Waals surface area contributed by atoms with E-state index in [-0.39, 0.29) is 0 Å². The second-order valence-corrected chi connectivity index (χ2v) is 4.08. The van der Waals surface area contributed by atoms with Gasteiger partial charge in [0.05, 0.1) is 5.69 Å². The number of hydrogen-bond donors (Lipinski definition) is 1. The van der Waals surface area contributed by atoms with Gasteiger partial charge in [0, 0.05) is 12.7 Å². The molecule has 0 saturated carbocycles. The minimum atomic E-state index is 0.800. The smallest absolute Gasteiger partial charge is 0.0570 e. The van der Waals surface area contributed by atoms with Gasteiger partial charge in [0.25, 0.3) is 0 Å². The van der Waals surface area contributed by atoms with Crippen molar-refractivity contribution in [1.29, 1.82) is 0 Å². The van der Waals surface area contributed by atoms with Gasteiger partial charge in [-0.2, -0.15) is 0 Å². The van der Waals surface area contributed by atoms with Crippen molar-refractivity contribution >= 4 is 0 Å². The fraction of sp³-hybridized carbons (Fsp3) is 0.615. The molecule has 0 aliphatic rings. The van der Waals surface area contributed by atoms with Gasteiger partial charge in [0.15, 0.2) is 0 Å². The van der Waals surface area contributed by atoms with Gasteiger partial charge in [-0.3, -0.25) is 4.98 Å². The molecule has 0 spiro atoms. The number of nitrogens with zero attached hydrogens (tertiary/aromatic N) is 1. The molecule has 0 aliphatic carbocycles. The first-order chi connectivity index (χ1) is 7.27. The zero-order valence-electron chi connectivity index (χ0n) is 10.1. The molecule has 0 aromatic carbocycles. The first-order valence-corrected chi connectivity index (χ1v) is 5.89. The van der Waals surface area contributed by atoms with E-state index in [4.69, 9.17) is 0 Å². The lowest BCUT2D eigenvalue weighted by Crippen LogP contribution is -2.22. The van der Waals surface area contributed by atoms with Crippen molar-refractivity contribution in [1.82, 2.24) is 10.3 Å². The molecular formula is C13H22N2.